The Labute approximate surface area is 149 Å². The maximum Gasteiger partial charge on any atom is 0.244 e. The number of para-hydroxylation sites is 1. The first-order valence-corrected chi connectivity index (χ1v) is 8.18. The molecular formula is C19H24ClN3O. The maximum atomic E-state index is 12.5. The van der Waals surface area contributed by atoms with Gasteiger partial charge in [0.15, 0.2) is 0 Å². The van der Waals surface area contributed by atoms with Crippen LogP contribution in [0.2, 0.25) is 0 Å². The molecule has 3 rings (SSSR count). The number of nitrogens with two attached hydrogens (primary N) is 1. The van der Waals surface area contributed by atoms with Crippen molar-refractivity contribution in [3.63, 3.8) is 0 Å². The quantitative estimate of drug-likeness (QED) is 0.766. The topological polar surface area (TPSA) is 67.2 Å². The molecule has 0 atom stereocenters. The third-order valence-electron chi connectivity index (χ3n) is 4.38. The van der Waals surface area contributed by atoms with E-state index in [2.05, 4.69) is 10.6 Å². The summed E-state index contributed by atoms with van der Waals surface area (Å²) in [4.78, 5) is 12.5. The van der Waals surface area contributed by atoms with Gasteiger partial charge in [-0.1, -0.05) is 43.5 Å². The summed E-state index contributed by atoms with van der Waals surface area (Å²) in [6.45, 7) is 0. The molecule has 2 aromatic rings. The predicted octanol–water partition coefficient (Wildman–Crippen LogP) is 4.45. The van der Waals surface area contributed by atoms with Gasteiger partial charge in [0.2, 0.25) is 5.91 Å². The lowest BCUT2D eigenvalue weighted by Gasteiger charge is -2.31. The van der Waals surface area contributed by atoms with E-state index < -0.39 is 5.54 Å². The van der Waals surface area contributed by atoms with E-state index in [1.165, 1.54) is 6.42 Å². The fourth-order valence-electron chi connectivity index (χ4n) is 3.03. The number of anilines is 3. The minimum atomic E-state index is -0.721. The molecule has 1 amide bonds. The Morgan fingerprint density at radius 3 is 2.21 bits per heavy atom. The molecule has 5 heteroatoms. The maximum absolute atomic E-state index is 12.5. The van der Waals surface area contributed by atoms with Gasteiger partial charge in [-0.25, -0.2) is 0 Å². The summed E-state index contributed by atoms with van der Waals surface area (Å²) in [5.41, 5.74) is 8.28. The second-order valence-electron chi connectivity index (χ2n) is 6.24. The second-order valence-corrected chi connectivity index (χ2v) is 6.24. The highest BCUT2D eigenvalue weighted by molar-refractivity contribution is 5.98. The molecule has 0 bridgehead atoms. The number of amides is 1. The minimum absolute atomic E-state index is 0. The summed E-state index contributed by atoms with van der Waals surface area (Å²) in [5.74, 6) is -0.0749. The van der Waals surface area contributed by atoms with Crippen LogP contribution in [-0.2, 0) is 4.79 Å². The molecule has 0 aliphatic heterocycles. The van der Waals surface area contributed by atoms with Crippen molar-refractivity contribution < 1.29 is 4.79 Å². The van der Waals surface area contributed by atoms with E-state index >= 15 is 0 Å². The largest absolute Gasteiger partial charge is 0.355 e. The van der Waals surface area contributed by atoms with Crippen molar-refractivity contribution in [2.75, 3.05) is 10.6 Å². The second kappa shape index (κ2) is 8.18. The molecule has 0 saturated heterocycles. The Morgan fingerprint density at radius 2 is 1.50 bits per heavy atom. The van der Waals surface area contributed by atoms with Crippen LogP contribution in [0.4, 0.5) is 17.1 Å². The van der Waals surface area contributed by atoms with Gasteiger partial charge in [-0.3, -0.25) is 4.79 Å². The van der Waals surface area contributed by atoms with Gasteiger partial charge in [-0.15, -0.1) is 12.4 Å². The highest BCUT2D eigenvalue weighted by atomic mass is 35.5. The van der Waals surface area contributed by atoms with Crippen LogP contribution in [-0.4, -0.2) is 11.4 Å². The minimum Gasteiger partial charge on any atom is -0.355 e. The van der Waals surface area contributed by atoms with Crippen LogP contribution in [0, 0.1) is 0 Å². The van der Waals surface area contributed by atoms with E-state index in [0.29, 0.717) is 0 Å². The molecule has 1 aliphatic rings. The zero-order chi connectivity index (χ0) is 16.1. The van der Waals surface area contributed by atoms with Crippen LogP contribution in [0.25, 0.3) is 0 Å². The predicted molar refractivity (Wildman–Crippen MR) is 102 cm³/mol. The number of halogens is 1. The van der Waals surface area contributed by atoms with Crippen LogP contribution >= 0.6 is 12.4 Å². The zero-order valence-corrected chi connectivity index (χ0v) is 14.4. The van der Waals surface area contributed by atoms with Crippen molar-refractivity contribution >= 4 is 35.4 Å². The van der Waals surface area contributed by atoms with Crippen molar-refractivity contribution in [1.82, 2.24) is 0 Å². The molecule has 0 radical (unpaired) electrons. The molecule has 24 heavy (non-hydrogen) atoms. The van der Waals surface area contributed by atoms with Gasteiger partial charge in [-0.2, -0.15) is 0 Å². The van der Waals surface area contributed by atoms with Gasteiger partial charge in [0.25, 0.3) is 0 Å². The van der Waals surface area contributed by atoms with E-state index in [4.69, 9.17) is 5.73 Å². The van der Waals surface area contributed by atoms with Crippen molar-refractivity contribution in [1.29, 1.82) is 0 Å². The van der Waals surface area contributed by atoms with Crippen molar-refractivity contribution in [2.24, 2.45) is 5.73 Å². The molecule has 0 spiro atoms. The zero-order valence-electron chi connectivity index (χ0n) is 13.6. The number of carbonyl (C=O) groups excluding carboxylic acids is 1. The van der Waals surface area contributed by atoms with Gasteiger partial charge in [0, 0.05) is 17.1 Å². The third kappa shape index (κ3) is 4.49. The third-order valence-corrected chi connectivity index (χ3v) is 4.38. The van der Waals surface area contributed by atoms with Crippen molar-refractivity contribution in [2.45, 2.75) is 37.6 Å². The first-order valence-electron chi connectivity index (χ1n) is 8.18. The molecule has 0 aromatic heterocycles. The number of carbonyl (C=O) groups is 1. The normalized spacial score (nSPS) is 15.9. The Hall–Kier alpha value is -2.04. The Morgan fingerprint density at radius 1 is 0.875 bits per heavy atom. The highest BCUT2D eigenvalue weighted by Crippen LogP contribution is 2.28. The Balaban J connectivity index is 0.00000208. The smallest absolute Gasteiger partial charge is 0.244 e. The average molecular weight is 346 g/mol. The summed E-state index contributed by atoms with van der Waals surface area (Å²) >= 11 is 0. The lowest BCUT2D eigenvalue weighted by molar-refractivity contribution is -0.122. The summed E-state index contributed by atoms with van der Waals surface area (Å²) in [6, 6.07) is 17.7. The van der Waals surface area contributed by atoms with E-state index in [9.17, 15) is 4.79 Å². The van der Waals surface area contributed by atoms with Crippen LogP contribution in [0.5, 0.6) is 0 Å². The molecule has 1 aliphatic carbocycles. The standard InChI is InChI=1S/C19H23N3O.ClH/c20-19(12-5-2-6-13-19)18(23)22-17-11-7-10-16(14-17)21-15-8-3-1-4-9-15;/h1,3-4,7-11,14,21H,2,5-6,12-13,20H2,(H,22,23);1H. The first kappa shape index (κ1) is 18.3. The van der Waals surface area contributed by atoms with E-state index in [1.807, 2.05) is 54.6 Å². The molecule has 2 aromatic carbocycles. The number of hydrogen-bond donors (Lipinski definition) is 3. The molecule has 1 saturated carbocycles. The average Bonchev–Trinajstić information content (AvgIpc) is 2.57. The molecule has 4 N–H and O–H groups in total. The molecule has 4 nitrogen and oxygen atoms in total. The monoisotopic (exact) mass is 345 g/mol. The highest BCUT2D eigenvalue weighted by Gasteiger charge is 2.35. The van der Waals surface area contributed by atoms with Crippen LogP contribution in [0.15, 0.2) is 54.6 Å². The Bertz CT molecular complexity index is 669. The molecule has 128 valence electrons. The van der Waals surface area contributed by atoms with Crippen LogP contribution in [0.3, 0.4) is 0 Å². The summed E-state index contributed by atoms with van der Waals surface area (Å²) in [7, 11) is 0. The summed E-state index contributed by atoms with van der Waals surface area (Å²) < 4.78 is 0. The van der Waals surface area contributed by atoms with Crippen LogP contribution < -0.4 is 16.4 Å². The number of rotatable bonds is 4. The number of hydrogen-bond acceptors (Lipinski definition) is 3. The Kier molecular flexibility index (Phi) is 6.23. The summed E-state index contributed by atoms with van der Waals surface area (Å²) in [6.07, 6.45) is 4.75. The van der Waals surface area contributed by atoms with E-state index in [-0.39, 0.29) is 18.3 Å². The lowest BCUT2D eigenvalue weighted by Crippen LogP contribution is -2.52. The SMILES string of the molecule is Cl.NC1(C(=O)Nc2cccc(Nc3ccccc3)c2)CCCCC1. The summed E-state index contributed by atoms with van der Waals surface area (Å²) in [5, 5.41) is 6.30. The molecule has 0 heterocycles. The molecule has 1 fully saturated rings. The van der Waals surface area contributed by atoms with Gasteiger partial charge < -0.3 is 16.4 Å². The lowest BCUT2D eigenvalue weighted by atomic mass is 9.82. The van der Waals surface area contributed by atoms with Gasteiger partial charge in [0.05, 0.1) is 5.54 Å². The van der Waals surface area contributed by atoms with Crippen molar-refractivity contribution in [3.8, 4) is 0 Å². The van der Waals surface area contributed by atoms with E-state index in [1.54, 1.807) is 0 Å². The van der Waals surface area contributed by atoms with Crippen molar-refractivity contribution in [3.05, 3.63) is 54.6 Å². The van der Waals surface area contributed by atoms with E-state index in [0.717, 1.165) is 42.7 Å². The van der Waals surface area contributed by atoms with Gasteiger partial charge >= 0.3 is 0 Å². The fraction of sp³-hybridized carbons (Fsp3) is 0.316. The molecule has 0 unspecified atom stereocenters. The first-order chi connectivity index (χ1) is 11.2. The fourth-order valence-corrected chi connectivity index (χ4v) is 3.03. The number of benzene rings is 2. The van der Waals surface area contributed by atoms with Gasteiger partial charge in [0.1, 0.15) is 0 Å². The van der Waals surface area contributed by atoms with Crippen LogP contribution in [0.1, 0.15) is 32.1 Å². The van der Waals surface area contributed by atoms with Gasteiger partial charge in [-0.05, 0) is 43.2 Å². The number of nitrogens with one attached hydrogen (secondary N) is 2. The molecular weight excluding hydrogens is 322 g/mol.